The van der Waals surface area contributed by atoms with Crippen molar-refractivity contribution in [2.24, 2.45) is 0 Å². The largest absolute Gasteiger partial charge is 0.452 e. The number of carbonyl (C=O) groups excluding carboxylic acids is 2. The quantitative estimate of drug-likeness (QED) is 0.463. The van der Waals surface area contributed by atoms with Gasteiger partial charge in [-0.1, -0.05) is 61.2 Å². The van der Waals surface area contributed by atoms with Crippen LogP contribution in [0.4, 0.5) is 0 Å². The van der Waals surface area contributed by atoms with Crippen LogP contribution in [0.25, 0.3) is 6.08 Å². The molecule has 1 saturated carbocycles. The molecule has 1 aliphatic rings. The smallest absolute Gasteiger partial charge is 0.331 e. The summed E-state index contributed by atoms with van der Waals surface area (Å²) in [6.07, 6.45) is 6.94. The van der Waals surface area contributed by atoms with E-state index in [0.29, 0.717) is 35.8 Å². The van der Waals surface area contributed by atoms with Crippen LogP contribution in [0.2, 0.25) is 5.15 Å². The normalized spacial score (nSPS) is 15.3. The van der Waals surface area contributed by atoms with Gasteiger partial charge in [-0.05, 0) is 31.4 Å². The molecule has 0 radical (unpaired) electrons. The molecule has 0 spiro atoms. The lowest BCUT2D eigenvalue weighted by Crippen LogP contribution is -2.51. The molecule has 7 nitrogen and oxygen atoms in total. The summed E-state index contributed by atoms with van der Waals surface area (Å²) >= 11 is 6.46. The lowest BCUT2D eigenvalue weighted by atomic mass is 9.81. The fourth-order valence-corrected chi connectivity index (χ4v) is 4.24. The van der Waals surface area contributed by atoms with E-state index in [4.69, 9.17) is 16.3 Å². The highest BCUT2D eigenvalue weighted by atomic mass is 35.5. The van der Waals surface area contributed by atoms with E-state index < -0.39 is 18.1 Å². The van der Waals surface area contributed by atoms with Crippen molar-refractivity contribution in [2.75, 3.05) is 13.7 Å². The summed E-state index contributed by atoms with van der Waals surface area (Å²) in [5.74, 6) is -1.05. The second kappa shape index (κ2) is 10.5. The Morgan fingerprint density at radius 3 is 2.62 bits per heavy atom. The Morgan fingerprint density at radius 1 is 1.28 bits per heavy atom. The molecule has 1 fully saturated rings. The summed E-state index contributed by atoms with van der Waals surface area (Å²) in [6.45, 7) is 1.91. The SMILES string of the molecule is Cc1nn(Cc2ccccc2)c(Cl)c1/C=C/C(=O)OCC(=O)N(C)C1(C#N)CCCCC1. The number of aryl methyl sites for hydroxylation is 1. The van der Waals surface area contributed by atoms with Gasteiger partial charge in [0.2, 0.25) is 0 Å². The lowest BCUT2D eigenvalue weighted by Gasteiger charge is -2.38. The van der Waals surface area contributed by atoms with Gasteiger partial charge in [0.25, 0.3) is 5.91 Å². The molecular formula is C24H27ClN4O3. The van der Waals surface area contributed by atoms with Crippen molar-refractivity contribution in [1.29, 1.82) is 5.26 Å². The van der Waals surface area contributed by atoms with E-state index in [1.165, 1.54) is 11.0 Å². The van der Waals surface area contributed by atoms with Crippen molar-refractivity contribution >= 4 is 29.6 Å². The van der Waals surface area contributed by atoms with E-state index in [2.05, 4.69) is 11.2 Å². The van der Waals surface area contributed by atoms with E-state index in [9.17, 15) is 14.9 Å². The summed E-state index contributed by atoms with van der Waals surface area (Å²) in [5.41, 5.74) is 1.55. The van der Waals surface area contributed by atoms with Crippen molar-refractivity contribution in [1.82, 2.24) is 14.7 Å². The monoisotopic (exact) mass is 454 g/mol. The lowest BCUT2D eigenvalue weighted by molar-refractivity contribution is -0.150. The standard InChI is InChI=1S/C24H27ClN4O3/c1-18-20(23(25)29(27-18)15-19-9-5-3-6-10-19)11-12-22(31)32-16-21(30)28(2)24(17-26)13-7-4-8-14-24/h3,5-6,9-12H,4,7-8,13-16H2,1-2H3/b12-11+. The molecule has 168 valence electrons. The summed E-state index contributed by atoms with van der Waals surface area (Å²) in [7, 11) is 1.60. The van der Waals surface area contributed by atoms with E-state index in [-0.39, 0.29) is 5.91 Å². The molecule has 32 heavy (non-hydrogen) atoms. The van der Waals surface area contributed by atoms with Crippen molar-refractivity contribution in [2.45, 2.75) is 51.1 Å². The van der Waals surface area contributed by atoms with E-state index in [1.807, 2.05) is 37.3 Å². The fraction of sp³-hybridized carbons (Fsp3) is 0.417. The molecule has 0 unspecified atom stereocenters. The number of hydrogen-bond donors (Lipinski definition) is 0. The highest BCUT2D eigenvalue weighted by molar-refractivity contribution is 6.31. The van der Waals surface area contributed by atoms with Crippen molar-refractivity contribution in [3.05, 3.63) is 58.4 Å². The number of aromatic nitrogens is 2. The third-order valence-electron chi connectivity index (χ3n) is 5.91. The highest BCUT2D eigenvalue weighted by Crippen LogP contribution is 2.32. The first-order valence-corrected chi connectivity index (χ1v) is 11.0. The van der Waals surface area contributed by atoms with Crippen LogP contribution < -0.4 is 0 Å². The molecule has 0 atom stereocenters. The molecule has 1 heterocycles. The van der Waals surface area contributed by atoms with Crippen LogP contribution in [0.5, 0.6) is 0 Å². The molecule has 1 aliphatic carbocycles. The van der Waals surface area contributed by atoms with Crippen molar-refractivity contribution in [3.8, 4) is 6.07 Å². The molecule has 0 saturated heterocycles. The van der Waals surface area contributed by atoms with Crippen LogP contribution in [0.15, 0.2) is 36.4 Å². The fourth-order valence-electron chi connectivity index (χ4n) is 3.94. The number of ether oxygens (including phenoxy) is 1. The Bertz CT molecular complexity index is 1030. The molecule has 1 amide bonds. The van der Waals surface area contributed by atoms with Gasteiger partial charge in [-0.3, -0.25) is 4.79 Å². The Labute approximate surface area is 193 Å². The molecule has 1 aromatic carbocycles. The Kier molecular flexibility index (Phi) is 7.70. The van der Waals surface area contributed by atoms with Gasteiger partial charge in [-0.2, -0.15) is 10.4 Å². The van der Waals surface area contributed by atoms with Gasteiger partial charge in [-0.25, -0.2) is 9.48 Å². The maximum absolute atomic E-state index is 12.5. The number of nitriles is 1. The minimum absolute atomic E-state index is 0.389. The van der Waals surface area contributed by atoms with Gasteiger partial charge in [0.15, 0.2) is 6.61 Å². The zero-order valence-corrected chi connectivity index (χ0v) is 19.1. The maximum Gasteiger partial charge on any atom is 0.331 e. The number of benzene rings is 1. The number of hydrogen-bond acceptors (Lipinski definition) is 5. The van der Waals surface area contributed by atoms with Crippen molar-refractivity contribution < 1.29 is 14.3 Å². The number of carbonyl (C=O) groups is 2. The minimum atomic E-state index is -0.810. The van der Waals surface area contributed by atoms with Crippen molar-refractivity contribution in [3.63, 3.8) is 0 Å². The highest BCUT2D eigenvalue weighted by Gasteiger charge is 2.38. The van der Waals surface area contributed by atoms with Gasteiger partial charge in [0.1, 0.15) is 10.7 Å². The summed E-state index contributed by atoms with van der Waals surface area (Å²) in [6, 6.07) is 12.1. The average Bonchev–Trinajstić information content (AvgIpc) is 3.08. The zero-order valence-electron chi connectivity index (χ0n) is 18.4. The van der Waals surface area contributed by atoms with Gasteiger partial charge in [0, 0.05) is 18.7 Å². The molecule has 3 rings (SSSR count). The molecule has 1 aromatic heterocycles. The third-order valence-corrected chi connectivity index (χ3v) is 6.31. The maximum atomic E-state index is 12.5. The van der Waals surface area contributed by atoms with Gasteiger partial charge in [0.05, 0.1) is 18.3 Å². The molecule has 0 aliphatic heterocycles. The molecule has 2 aromatic rings. The first-order chi connectivity index (χ1) is 15.4. The number of nitrogens with zero attached hydrogens (tertiary/aromatic N) is 4. The van der Waals surface area contributed by atoms with Crippen LogP contribution in [0.3, 0.4) is 0 Å². The summed E-state index contributed by atoms with van der Waals surface area (Å²) in [4.78, 5) is 26.1. The third kappa shape index (κ3) is 5.38. The Morgan fingerprint density at radius 2 is 1.97 bits per heavy atom. The van der Waals surface area contributed by atoms with Gasteiger partial charge >= 0.3 is 5.97 Å². The van der Waals surface area contributed by atoms with E-state index >= 15 is 0 Å². The summed E-state index contributed by atoms with van der Waals surface area (Å²) < 4.78 is 6.78. The number of amides is 1. The predicted octanol–water partition coefficient (Wildman–Crippen LogP) is 4.13. The van der Waals surface area contributed by atoms with Crippen LogP contribution in [-0.4, -0.2) is 45.8 Å². The molecular weight excluding hydrogens is 428 g/mol. The minimum Gasteiger partial charge on any atom is -0.452 e. The number of likely N-dealkylation sites (N-methyl/N-ethyl adjacent to an activating group) is 1. The molecule has 8 heteroatoms. The van der Waals surface area contributed by atoms with Crippen LogP contribution in [0, 0.1) is 18.3 Å². The first-order valence-electron chi connectivity index (χ1n) is 10.7. The second-order valence-electron chi connectivity index (χ2n) is 8.03. The van der Waals surface area contributed by atoms with Crippen LogP contribution >= 0.6 is 11.6 Å². The average molecular weight is 455 g/mol. The summed E-state index contributed by atoms with van der Waals surface area (Å²) in [5, 5.41) is 14.5. The van der Waals surface area contributed by atoms with E-state index in [1.54, 1.807) is 17.8 Å². The zero-order chi connectivity index (χ0) is 23.1. The Balaban J connectivity index is 1.58. The number of halogens is 1. The van der Waals surface area contributed by atoms with Crippen LogP contribution in [0.1, 0.15) is 48.9 Å². The predicted molar refractivity (Wildman–Crippen MR) is 122 cm³/mol. The number of rotatable bonds is 7. The van der Waals surface area contributed by atoms with E-state index in [0.717, 1.165) is 24.8 Å². The number of esters is 1. The van der Waals surface area contributed by atoms with Crippen LogP contribution in [-0.2, 0) is 20.9 Å². The topological polar surface area (TPSA) is 88.2 Å². The van der Waals surface area contributed by atoms with Gasteiger partial charge < -0.3 is 9.64 Å². The molecule has 0 N–H and O–H groups in total. The molecule has 0 bridgehead atoms. The Hall–Kier alpha value is -3.11. The first kappa shape index (κ1) is 23.6. The second-order valence-corrected chi connectivity index (χ2v) is 8.39. The van der Waals surface area contributed by atoms with Gasteiger partial charge in [-0.15, -0.1) is 0 Å².